The van der Waals surface area contributed by atoms with E-state index in [0.29, 0.717) is 11.8 Å². The molecule has 0 fully saturated rings. The number of para-hydroxylation sites is 3. The van der Waals surface area contributed by atoms with Gasteiger partial charge in [0.1, 0.15) is 11.2 Å². The Labute approximate surface area is 345 Å². The lowest BCUT2D eigenvalue weighted by Crippen LogP contribution is -2.17. The molecule has 2 aliphatic carbocycles. The third-order valence-corrected chi connectivity index (χ3v) is 12.2. The number of hydrogen-bond donors (Lipinski definition) is 0. The van der Waals surface area contributed by atoms with Gasteiger partial charge in [-0.25, -0.2) is 0 Å². The first kappa shape index (κ1) is 34.8. The van der Waals surface area contributed by atoms with E-state index < -0.39 is 0 Å². The molecule has 2 unspecified atom stereocenters. The van der Waals surface area contributed by atoms with Gasteiger partial charge in [-0.15, -0.1) is 0 Å². The predicted octanol–water partition coefficient (Wildman–Crippen LogP) is 15.9. The third-order valence-electron chi connectivity index (χ3n) is 12.2. The van der Waals surface area contributed by atoms with Crippen LogP contribution < -0.4 is 4.90 Å². The number of nitrogens with zero attached hydrogens (tertiary/aromatic N) is 1. The quantitative estimate of drug-likeness (QED) is 0.161. The number of fused-ring (bicyclic) bond motifs is 5. The van der Waals surface area contributed by atoms with E-state index in [2.05, 4.69) is 218 Å². The highest BCUT2D eigenvalue weighted by molar-refractivity contribution is 6.13. The van der Waals surface area contributed by atoms with Crippen LogP contribution in [0.3, 0.4) is 0 Å². The minimum absolute atomic E-state index is 0.335. The fourth-order valence-corrected chi connectivity index (χ4v) is 9.42. The zero-order chi connectivity index (χ0) is 39.3. The Bertz CT molecular complexity index is 3170. The van der Waals surface area contributed by atoms with E-state index in [9.17, 15) is 0 Å². The maximum Gasteiger partial charge on any atom is 0.136 e. The van der Waals surface area contributed by atoms with Crippen molar-refractivity contribution < 1.29 is 4.42 Å². The summed E-state index contributed by atoms with van der Waals surface area (Å²) in [6.07, 6.45) is 13.8. The van der Waals surface area contributed by atoms with Gasteiger partial charge in [-0.1, -0.05) is 189 Å². The molecule has 280 valence electrons. The average molecular weight is 756 g/mol. The van der Waals surface area contributed by atoms with Crippen molar-refractivity contribution in [1.29, 1.82) is 0 Å². The molecule has 0 radical (unpaired) electrons. The Morgan fingerprint density at radius 2 is 1.05 bits per heavy atom. The minimum atomic E-state index is 0.335. The van der Waals surface area contributed by atoms with Crippen molar-refractivity contribution in [3.8, 4) is 33.4 Å². The predicted molar refractivity (Wildman–Crippen MR) is 249 cm³/mol. The molecule has 0 N–H and O–H groups in total. The van der Waals surface area contributed by atoms with Crippen LogP contribution in [0.4, 0.5) is 17.1 Å². The van der Waals surface area contributed by atoms with Crippen molar-refractivity contribution in [2.45, 2.75) is 6.92 Å². The molecule has 0 bridgehead atoms. The molecule has 2 nitrogen and oxygen atoms in total. The van der Waals surface area contributed by atoms with E-state index in [1.165, 1.54) is 49.7 Å². The van der Waals surface area contributed by atoms with Crippen LogP contribution in [0.5, 0.6) is 0 Å². The van der Waals surface area contributed by atoms with Crippen molar-refractivity contribution in [2.75, 3.05) is 4.90 Å². The Morgan fingerprint density at radius 3 is 1.86 bits per heavy atom. The average Bonchev–Trinajstić information content (AvgIpc) is 3.69. The van der Waals surface area contributed by atoms with Crippen LogP contribution in [0.1, 0.15) is 12.5 Å². The molecule has 9 aromatic rings. The SMILES string of the molecule is CC1C=CC(c2ccccc2N(c2ccc(-c3cccc4oc5ccccc5c34)cc2)c2ccccc2-c2cccc3cccc(-c4ccccc4)c23)=C2C=CC=CC21. The van der Waals surface area contributed by atoms with Crippen LogP contribution in [0.15, 0.2) is 228 Å². The lowest BCUT2D eigenvalue weighted by atomic mass is 9.76. The van der Waals surface area contributed by atoms with Crippen molar-refractivity contribution >= 4 is 55.3 Å². The van der Waals surface area contributed by atoms with Gasteiger partial charge in [-0.05, 0) is 92.1 Å². The molecular formula is C57H41NO. The maximum atomic E-state index is 6.30. The summed E-state index contributed by atoms with van der Waals surface area (Å²) in [5, 5.41) is 4.73. The smallest absolute Gasteiger partial charge is 0.136 e. The second kappa shape index (κ2) is 14.5. The number of benzene rings is 8. The van der Waals surface area contributed by atoms with Gasteiger partial charge >= 0.3 is 0 Å². The highest BCUT2D eigenvalue weighted by atomic mass is 16.3. The van der Waals surface area contributed by atoms with Gasteiger partial charge < -0.3 is 9.32 Å². The summed E-state index contributed by atoms with van der Waals surface area (Å²) in [6, 6.07) is 65.8. The molecule has 0 saturated carbocycles. The summed E-state index contributed by atoms with van der Waals surface area (Å²) < 4.78 is 6.30. The van der Waals surface area contributed by atoms with Gasteiger partial charge in [0.15, 0.2) is 0 Å². The number of rotatable bonds is 7. The summed E-state index contributed by atoms with van der Waals surface area (Å²) in [5.41, 5.74) is 16.0. The molecule has 2 aliphatic rings. The molecule has 0 spiro atoms. The molecule has 0 aliphatic heterocycles. The minimum Gasteiger partial charge on any atom is -0.456 e. The normalized spacial score (nSPS) is 15.9. The molecule has 0 amide bonds. The first-order valence-electron chi connectivity index (χ1n) is 20.6. The van der Waals surface area contributed by atoms with Crippen molar-refractivity contribution in [2.24, 2.45) is 11.8 Å². The molecule has 8 aromatic carbocycles. The zero-order valence-electron chi connectivity index (χ0n) is 32.8. The van der Waals surface area contributed by atoms with Gasteiger partial charge in [0.25, 0.3) is 0 Å². The van der Waals surface area contributed by atoms with Crippen LogP contribution in [0.2, 0.25) is 0 Å². The first-order valence-corrected chi connectivity index (χ1v) is 20.6. The summed E-state index contributed by atoms with van der Waals surface area (Å²) in [5.74, 6) is 0.760. The number of hydrogen-bond acceptors (Lipinski definition) is 2. The first-order chi connectivity index (χ1) is 29.2. The van der Waals surface area contributed by atoms with Crippen LogP contribution in [0, 0.1) is 11.8 Å². The number of allylic oxidation sites excluding steroid dienone is 8. The van der Waals surface area contributed by atoms with Gasteiger partial charge in [0.2, 0.25) is 0 Å². The fraction of sp³-hybridized carbons (Fsp3) is 0.0526. The van der Waals surface area contributed by atoms with Gasteiger partial charge in [0.05, 0.1) is 11.4 Å². The van der Waals surface area contributed by atoms with E-state index in [4.69, 9.17) is 4.42 Å². The Morgan fingerprint density at radius 1 is 0.441 bits per heavy atom. The van der Waals surface area contributed by atoms with E-state index in [1.54, 1.807) is 0 Å². The molecule has 2 atom stereocenters. The lowest BCUT2D eigenvalue weighted by molar-refractivity contribution is 0.585. The van der Waals surface area contributed by atoms with Gasteiger partial charge in [-0.2, -0.15) is 0 Å². The zero-order valence-corrected chi connectivity index (χ0v) is 32.8. The Balaban J connectivity index is 1.14. The molecule has 59 heavy (non-hydrogen) atoms. The maximum absolute atomic E-state index is 6.30. The second-order valence-corrected chi connectivity index (χ2v) is 15.6. The Hall–Kier alpha value is -7.42. The summed E-state index contributed by atoms with van der Waals surface area (Å²) >= 11 is 0. The van der Waals surface area contributed by atoms with Gasteiger partial charge in [-0.3, -0.25) is 0 Å². The fourth-order valence-electron chi connectivity index (χ4n) is 9.42. The molecule has 0 saturated heterocycles. The standard InChI is InChI=1S/C57H41NO/c1-38-32-37-47(46-21-6-5-20-43(38)46)48-22-7-10-28-52(48)58(42-35-33-40(34-36-42)45-26-15-31-55-57(45)51-24-9-12-30-54(51)59-55)53-29-11-8-23-49(53)50-27-14-19-41-18-13-25-44(56(41)50)39-16-3-2-4-17-39/h2-38,43H,1H3. The largest absolute Gasteiger partial charge is 0.456 e. The number of anilines is 3. The van der Waals surface area contributed by atoms with Crippen LogP contribution in [0.25, 0.3) is 71.7 Å². The van der Waals surface area contributed by atoms with Crippen molar-refractivity contribution in [3.05, 3.63) is 230 Å². The van der Waals surface area contributed by atoms with Crippen LogP contribution >= 0.6 is 0 Å². The molecule has 1 aromatic heterocycles. The van der Waals surface area contributed by atoms with Crippen molar-refractivity contribution in [1.82, 2.24) is 0 Å². The number of furan rings is 1. The third kappa shape index (κ3) is 5.96. The molecular weight excluding hydrogens is 715 g/mol. The molecule has 11 rings (SSSR count). The van der Waals surface area contributed by atoms with E-state index in [1.807, 2.05) is 12.1 Å². The van der Waals surface area contributed by atoms with Crippen LogP contribution in [-0.4, -0.2) is 0 Å². The monoisotopic (exact) mass is 755 g/mol. The summed E-state index contributed by atoms with van der Waals surface area (Å²) in [4.78, 5) is 2.48. The van der Waals surface area contributed by atoms with E-state index >= 15 is 0 Å². The lowest BCUT2D eigenvalue weighted by Gasteiger charge is -2.33. The molecule has 1 heterocycles. The Kier molecular flexibility index (Phi) is 8.56. The van der Waals surface area contributed by atoms with Gasteiger partial charge in [0, 0.05) is 33.5 Å². The van der Waals surface area contributed by atoms with E-state index in [-0.39, 0.29) is 0 Å². The van der Waals surface area contributed by atoms with E-state index in [0.717, 1.165) is 50.1 Å². The van der Waals surface area contributed by atoms with Crippen molar-refractivity contribution in [3.63, 3.8) is 0 Å². The second-order valence-electron chi connectivity index (χ2n) is 15.6. The summed E-state index contributed by atoms with van der Waals surface area (Å²) in [7, 11) is 0. The summed E-state index contributed by atoms with van der Waals surface area (Å²) in [6.45, 7) is 2.32. The highest BCUT2D eigenvalue weighted by Gasteiger charge is 2.28. The highest BCUT2D eigenvalue weighted by Crippen LogP contribution is 2.49. The topological polar surface area (TPSA) is 16.4 Å². The molecule has 2 heteroatoms. The van der Waals surface area contributed by atoms with Crippen LogP contribution in [-0.2, 0) is 0 Å².